The number of nitrogens with zero attached hydrogens (tertiary/aromatic N) is 3. The van der Waals surface area contributed by atoms with Crippen LogP contribution in [0.25, 0.3) is 11.0 Å². The molecule has 0 N–H and O–H groups in total. The molecule has 1 fully saturated rings. The van der Waals surface area contributed by atoms with Crippen LogP contribution in [0.4, 0.5) is 0 Å². The van der Waals surface area contributed by atoms with E-state index in [0.29, 0.717) is 6.54 Å². The average molecular weight is 326 g/mol. The monoisotopic (exact) mass is 325 g/mol. The molecule has 1 aliphatic rings. The summed E-state index contributed by atoms with van der Waals surface area (Å²) in [6.45, 7) is 0.470. The predicted octanol–water partition coefficient (Wildman–Crippen LogP) is 1.30. The smallest absolute Gasteiger partial charge is 0.237 e. The summed E-state index contributed by atoms with van der Waals surface area (Å²) < 4.78 is 22.6. The largest absolute Gasteiger partial charge is 0.337 e. The van der Waals surface area contributed by atoms with Crippen molar-refractivity contribution < 1.29 is 13.2 Å². The Balaban J connectivity index is 1.81. The van der Waals surface area contributed by atoms with Gasteiger partial charge in [0.1, 0.15) is 5.25 Å². The van der Waals surface area contributed by atoms with Crippen molar-refractivity contribution in [1.82, 2.24) is 14.9 Å². The molecule has 6 nitrogen and oxygen atoms in total. The van der Waals surface area contributed by atoms with Crippen LogP contribution in [0.1, 0.15) is 12.0 Å². The molecule has 0 spiro atoms. The zero-order valence-electron chi connectivity index (χ0n) is 10.9. The number of fused-ring (bicyclic) bond motifs is 1. The molecule has 2 heterocycles. The predicted molar refractivity (Wildman–Crippen MR) is 78.1 cm³/mol. The van der Waals surface area contributed by atoms with Crippen molar-refractivity contribution in [3.05, 3.63) is 36.2 Å². The SMILES string of the molecule is O=C1CC(S(=O)(=O)Cl)CN1Cc1ccc2nccnc2c1. The summed E-state index contributed by atoms with van der Waals surface area (Å²) in [6.07, 6.45) is 3.16. The number of halogens is 1. The number of carbonyl (C=O) groups excluding carboxylic acids is 1. The number of carbonyl (C=O) groups is 1. The van der Waals surface area contributed by atoms with Gasteiger partial charge in [-0.3, -0.25) is 14.8 Å². The Morgan fingerprint density at radius 1 is 1.24 bits per heavy atom. The number of rotatable bonds is 3. The Labute approximate surface area is 126 Å². The van der Waals surface area contributed by atoms with Gasteiger partial charge in [-0.15, -0.1) is 0 Å². The van der Waals surface area contributed by atoms with E-state index in [0.717, 1.165) is 16.6 Å². The Kier molecular flexibility index (Phi) is 3.54. The molecule has 1 unspecified atom stereocenters. The van der Waals surface area contributed by atoms with E-state index < -0.39 is 14.3 Å². The molecular formula is C13H12ClN3O3S. The lowest BCUT2D eigenvalue weighted by molar-refractivity contribution is -0.128. The first-order valence-electron chi connectivity index (χ1n) is 6.34. The normalized spacial score (nSPS) is 19.4. The first-order valence-corrected chi connectivity index (χ1v) is 8.71. The van der Waals surface area contributed by atoms with Crippen LogP contribution in [-0.4, -0.2) is 41.0 Å². The van der Waals surface area contributed by atoms with Crippen molar-refractivity contribution in [2.75, 3.05) is 6.54 Å². The standard InChI is InChI=1S/C13H12ClN3O3S/c14-21(19,20)10-6-13(18)17(8-10)7-9-1-2-11-12(5-9)16-4-3-15-11/h1-5,10H,6-8H2. The first-order chi connectivity index (χ1) is 9.93. The lowest BCUT2D eigenvalue weighted by atomic mass is 10.2. The van der Waals surface area contributed by atoms with Crippen LogP contribution in [0.15, 0.2) is 30.6 Å². The zero-order chi connectivity index (χ0) is 15.0. The van der Waals surface area contributed by atoms with Crippen LogP contribution in [0.3, 0.4) is 0 Å². The van der Waals surface area contributed by atoms with E-state index in [2.05, 4.69) is 9.97 Å². The van der Waals surface area contributed by atoms with Crippen LogP contribution in [0.5, 0.6) is 0 Å². The van der Waals surface area contributed by atoms with E-state index >= 15 is 0 Å². The summed E-state index contributed by atoms with van der Waals surface area (Å²) in [4.78, 5) is 21.8. The molecule has 1 amide bonds. The van der Waals surface area contributed by atoms with Crippen molar-refractivity contribution in [2.24, 2.45) is 0 Å². The highest BCUT2D eigenvalue weighted by Crippen LogP contribution is 2.23. The lowest BCUT2D eigenvalue weighted by Crippen LogP contribution is -2.26. The fraction of sp³-hybridized carbons (Fsp3) is 0.308. The summed E-state index contributed by atoms with van der Waals surface area (Å²) in [6, 6.07) is 5.53. The van der Waals surface area contributed by atoms with Gasteiger partial charge in [-0.1, -0.05) is 6.07 Å². The molecule has 21 heavy (non-hydrogen) atoms. The van der Waals surface area contributed by atoms with Gasteiger partial charge >= 0.3 is 0 Å². The van der Waals surface area contributed by atoms with E-state index in [9.17, 15) is 13.2 Å². The fourth-order valence-corrected chi connectivity index (χ4v) is 3.46. The Hall–Kier alpha value is -1.73. The van der Waals surface area contributed by atoms with E-state index in [1.807, 2.05) is 18.2 Å². The van der Waals surface area contributed by atoms with Crippen LogP contribution in [0, 0.1) is 0 Å². The minimum Gasteiger partial charge on any atom is -0.337 e. The fourth-order valence-electron chi connectivity index (χ4n) is 2.40. The van der Waals surface area contributed by atoms with Crippen LogP contribution >= 0.6 is 10.7 Å². The molecule has 0 aliphatic carbocycles. The molecule has 0 saturated carbocycles. The van der Waals surface area contributed by atoms with Crippen LogP contribution in [0.2, 0.25) is 0 Å². The minimum atomic E-state index is -3.71. The van der Waals surface area contributed by atoms with E-state index in [1.165, 1.54) is 4.90 Å². The molecule has 2 aromatic rings. The van der Waals surface area contributed by atoms with Crippen LogP contribution in [-0.2, 0) is 20.4 Å². The molecule has 1 atom stereocenters. The van der Waals surface area contributed by atoms with Gasteiger partial charge in [-0.2, -0.15) is 0 Å². The molecule has 1 aromatic carbocycles. The second-order valence-corrected chi connectivity index (χ2v) is 7.86. The molecule has 0 bridgehead atoms. The molecule has 8 heteroatoms. The van der Waals surface area contributed by atoms with Crippen molar-refractivity contribution in [3.63, 3.8) is 0 Å². The molecular weight excluding hydrogens is 314 g/mol. The summed E-state index contributed by atoms with van der Waals surface area (Å²) in [5.74, 6) is -0.205. The van der Waals surface area contributed by atoms with Gasteiger partial charge in [0.15, 0.2) is 0 Å². The third-order valence-electron chi connectivity index (χ3n) is 3.48. The zero-order valence-corrected chi connectivity index (χ0v) is 12.5. The average Bonchev–Trinajstić information content (AvgIpc) is 2.80. The second kappa shape index (κ2) is 5.23. The van der Waals surface area contributed by atoms with Gasteiger partial charge in [0, 0.05) is 42.6 Å². The Bertz CT molecular complexity index is 809. The maximum Gasteiger partial charge on any atom is 0.237 e. The molecule has 1 aliphatic heterocycles. The number of amides is 1. The summed E-state index contributed by atoms with van der Waals surface area (Å²) >= 11 is 0. The van der Waals surface area contributed by atoms with Crippen molar-refractivity contribution in [3.8, 4) is 0 Å². The van der Waals surface area contributed by atoms with Gasteiger partial charge in [0.25, 0.3) is 0 Å². The number of hydrogen-bond acceptors (Lipinski definition) is 5. The van der Waals surface area contributed by atoms with E-state index in [4.69, 9.17) is 10.7 Å². The highest BCUT2D eigenvalue weighted by atomic mass is 35.7. The lowest BCUT2D eigenvalue weighted by Gasteiger charge is -2.16. The molecule has 0 radical (unpaired) electrons. The number of benzene rings is 1. The summed E-state index contributed by atoms with van der Waals surface area (Å²) in [5.41, 5.74) is 2.39. The highest BCUT2D eigenvalue weighted by Gasteiger charge is 2.37. The summed E-state index contributed by atoms with van der Waals surface area (Å²) in [7, 11) is 1.62. The molecule has 3 rings (SSSR count). The van der Waals surface area contributed by atoms with Gasteiger partial charge in [0.05, 0.1) is 11.0 Å². The maximum atomic E-state index is 11.9. The number of likely N-dealkylation sites (tertiary alicyclic amines) is 1. The quantitative estimate of drug-likeness (QED) is 0.795. The van der Waals surface area contributed by atoms with Crippen LogP contribution < -0.4 is 0 Å². The molecule has 1 aromatic heterocycles. The topological polar surface area (TPSA) is 80.2 Å². The summed E-state index contributed by atoms with van der Waals surface area (Å²) in [5, 5.41) is -0.827. The molecule has 1 saturated heterocycles. The third-order valence-corrected chi connectivity index (χ3v) is 5.35. The minimum absolute atomic E-state index is 0.0563. The van der Waals surface area contributed by atoms with E-state index in [-0.39, 0.29) is 18.9 Å². The Morgan fingerprint density at radius 3 is 2.62 bits per heavy atom. The van der Waals surface area contributed by atoms with Crippen molar-refractivity contribution in [1.29, 1.82) is 0 Å². The maximum absolute atomic E-state index is 11.9. The first kappa shape index (κ1) is 14.2. The van der Waals surface area contributed by atoms with Gasteiger partial charge in [0.2, 0.25) is 15.0 Å². The molecule has 110 valence electrons. The third kappa shape index (κ3) is 2.98. The van der Waals surface area contributed by atoms with Crippen molar-refractivity contribution in [2.45, 2.75) is 18.2 Å². The van der Waals surface area contributed by atoms with Gasteiger partial charge < -0.3 is 4.90 Å². The second-order valence-electron chi connectivity index (χ2n) is 4.96. The number of aromatic nitrogens is 2. The highest BCUT2D eigenvalue weighted by molar-refractivity contribution is 8.14. The van der Waals surface area contributed by atoms with Gasteiger partial charge in [-0.05, 0) is 17.7 Å². The van der Waals surface area contributed by atoms with Crippen molar-refractivity contribution >= 4 is 36.7 Å². The number of hydrogen-bond donors (Lipinski definition) is 0. The van der Waals surface area contributed by atoms with E-state index in [1.54, 1.807) is 12.4 Å². The van der Waals surface area contributed by atoms with Gasteiger partial charge in [-0.25, -0.2) is 8.42 Å². The Morgan fingerprint density at radius 2 is 1.95 bits per heavy atom.